The summed E-state index contributed by atoms with van der Waals surface area (Å²) >= 11 is 1.59. The second kappa shape index (κ2) is 8.10. The third kappa shape index (κ3) is 6.54. The van der Waals surface area contributed by atoms with Crippen LogP contribution in [0.15, 0.2) is 53.4 Å². The van der Waals surface area contributed by atoms with E-state index in [2.05, 4.69) is 10.1 Å². The smallest absolute Gasteiger partial charge is 0.422 e. The number of carbonyl (C=O) groups is 1. The van der Waals surface area contributed by atoms with Gasteiger partial charge in [-0.1, -0.05) is 12.1 Å². The number of carbonyl (C=O) groups excluding carboxylic acids is 1. The van der Waals surface area contributed by atoms with Crippen molar-refractivity contribution >= 4 is 23.4 Å². The maximum absolute atomic E-state index is 12.1. The monoisotopic (exact) mass is 355 g/mol. The standard InChI is InChI=1S/C17H16F3NO2S/c1-12(22)21-14-4-8-16(9-5-14)24-10-13-2-6-15(7-3-13)23-11-17(18,19)20/h2-9H,10-11H2,1H3,(H,21,22). The summed E-state index contributed by atoms with van der Waals surface area (Å²) < 4.78 is 40.9. The lowest BCUT2D eigenvalue weighted by Gasteiger charge is -2.09. The summed E-state index contributed by atoms with van der Waals surface area (Å²) in [5.41, 5.74) is 1.71. The largest absolute Gasteiger partial charge is 0.484 e. The predicted molar refractivity (Wildman–Crippen MR) is 88.3 cm³/mol. The van der Waals surface area contributed by atoms with Gasteiger partial charge in [0.15, 0.2) is 6.61 Å². The fourth-order valence-corrected chi connectivity index (χ4v) is 2.71. The fraction of sp³-hybridized carbons (Fsp3) is 0.235. The third-order valence-corrected chi connectivity index (χ3v) is 3.99. The van der Waals surface area contributed by atoms with E-state index in [4.69, 9.17) is 0 Å². The molecule has 0 saturated carbocycles. The molecule has 1 amide bonds. The minimum Gasteiger partial charge on any atom is -0.484 e. The van der Waals surface area contributed by atoms with Crippen molar-refractivity contribution < 1.29 is 22.7 Å². The van der Waals surface area contributed by atoms with Crippen molar-refractivity contribution in [2.75, 3.05) is 11.9 Å². The Morgan fingerprint density at radius 3 is 2.25 bits per heavy atom. The fourth-order valence-electron chi connectivity index (χ4n) is 1.85. The van der Waals surface area contributed by atoms with E-state index in [0.29, 0.717) is 5.75 Å². The number of anilines is 1. The van der Waals surface area contributed by atoms with Gasteiger partial charge in [0.05, 0.1) is 0 Å². The molecule has 3 nitrogen and oxygen atoms in total. The van der Waals surface area contributed by atoms with Crippen molar-refractivity contribution in [3.05, 3.63) is 54.1 Å². The molecule has 7 heteroatoms. The summed E-state index contributed by atoms with van der Waals surface area (Å²) in [4.78, 5) is 12.0. The molecule has 0 aliphatic heterocycles. The SMILES string of the molecule is CC(=O)Nc1ccc(SCc2ccc(OCC(F)(F)F)cc2)cc1. The Labute approximate surface area is 142 Å². The first kappa shape index (κ1) is 18.2. The summed E-state index contributed by atoms with van der Waals surface area (Å²) in [7, 11) is 0. The minimum atomic E-state index is -4.34. The van der Waals surface area contributed by atoms with E-state index in [0.717, 1.165) is 16.1 Å². The van der Waals surface area contributed by atoms with Crippen molar-refractivity contribution in [2.45, 2.75) is 23.7 Å². The van der Waals surface area contributed by atoms with Crippen molar-refractivity contribution in [3.63, 3.8) is 0 Å². The van der Waals surface area contributed by atoms with E-state index in [-0.39, 0.29) is 11.7 Å². The van der Waals surface area contributed by atoms with Crippen LogP contribution in [-0.2, 0) is 10.5 Å². The van der Waals surface area contributed by atoms with E-state index in [1.807, 2.05) is 24.3 Å². The van der Waals surface area contributed by atoms with Crippen LogP contribution in [-0.4, -0.2) is 18.7 Å². The highest BCUT2D eigenvalue weighted by atomic mass is 32.2. The van der Waals surface area contributed by atoms with E-state index in [9.17, 15) is 18.0 Å². The Kier molecular flexibility index (Phi) is 6.14. The Hall–Kier alpha value is -2.15. The molecule has 128 valence electrons. The molecule has 0 fully saturated rings. The molecule has 24 heavy (non-hydrogen) atoms. The number of rotatable bonds is 6. The summed E-state index contributed by atoms with van der Waals surface area (Å²) in [5.74, 6) is 0.753. The van der Waals surface area contributed by atoms with Gasteiger partial charge in [-0.25, -0.2) is 0 Å². The molecule has 0 bridgehead atoms. The van der Waals surface area contributed by atoms with E-state index >= 15 is 0 Å². The quantitative estimate of drug-likeness (QED) is 0.751. The van der Waals surface area contributed by atoms with Crippen LogP contribution in [0.5, 0.6) is 5.75 Å². The van der Waals surface area contributed by atoms with Crippen molar-refractivity contribution in [2.24, 2.45) is 0 Å². The molecule has 2 aromatic carbocycles. The van der Waals surface area contributed by atoms with Gasteiger partial charge in [0.2, 0.25) is 5.91 Å². The average Bonchev–Trinajstić information content (AvgIpc) is 2.52. The van der Waals surface area contributed by atoms with Crippen LogP contribution in [0.3, 0.4) is 0 Å². The summed E-state index contributed by atoms with van der Waals surface area (Å²) in [6.07, 6.45) is -4.34. The van der Waals surface area contributed by atoms with Gasteiger partial charge in [-0.05, 0) is 42.0 Å². The van der Waals surface area contributed by atoms with Crippen LogP contribution in [0.25, 0.3) is 0 Å². The topological polar surface area (TPSA) is 38.3 Å². The van der Waals surface area contributed by atoms with Crippen LogP contribution < -0.4 is 10.1 Å². The second-order valence-corrected chi connectivity index (χ2v) is 6.09. The number of hydrogen-bond donors (Lipinski definition) is 1. The third-order valence-electron chi connectivity index (χ3n) is 2.91. The molecule has 2 rings (SSSR count). The highest BCUT2D eigenvalue weighted by Crippen LogP contribution is 2.25. The molecule has 0 atom stereocenters. The van der Waals surface area contributed by atoms with Gasteiger partial charge in [0, 0.05) is 23.3 Å². The number of ether oxygens (including phenoxy) is 1. The first-order valence-electron chi connectivity index (χ1n) is 7.11. The van der Waals surface area contributed by atoms with Crippen molar-refractivity contribution in [1.29, 1.82) is 0 Å². The normalized spacial score (nSPS) is 11.2. The van der Waals surface area contributed by atoms with Gasteiger partial charge in [0.25, 0.3) is 0 Å². The second-order valence-electron chi connectivity index (χ2n) is 5.04. The molecular weight excluding hydrogens is 339 g/mol. The summed E-state index contributed by atoms with van der Waals surface area (Å²) in [6, 6.07) is 14.0. The van der Waals surface area contributed by atoms with Crippen molar-refractivity contribution in [3.8, 4) is 5.75 Å². The molecular formula is C17H16F3NO2S. The van der Waals surface area contributed by atoms with Gasteiger partial charge in [-0.2, -0.15) is 13.2 Å². The number of nitrogens with one attached hydrogen (secondary N) is 1. The maximum atomic E-state index is 12.1. The molecule has 0 unspecified atom stereocenters. The number of thioether (sulfide) groups is 1. The van der Waals surface area contributed by atoms with Crippen molar-refractivity contribution in [1.82, 2.24) is 0 Å². The van der Waals surface area contributed by atoms with Crippen LogP contribution in [0, 0.1) is 0 Å². The molecule has 1 N–H and O–H groups in total. The number of halogens is 3. The van der Waals surface area contributed by atoms with E-state index < -0.39 is 12.8 Å². The minimum absolute atomic E-state index is 0.122. The van der Waals surface area contributed by atoms with Crippen LogP contribution in [0.4, 0.5) is 18.9 Å². The van der Waals surface area contributed by atoms with E-state index in [1.54, 1.807) is 23.9 Å². The molecule has 0 spiro atoms. The number of amides is 1. The highest BCUT2D eigenvalue weighted by molar-refractivity contribution is 7.98. The van der Waals surface area contributed by atoms with Crippen LogP contribution in [0.1, 0.15) is 12.5 Å². The lowest BCUT2D eigenvalue weighted by Crippen LogP contribution is -2.19. The lowest BCUT2D eigenvalue weighted by atomic mass is 10.2. The molecule has 0 aliphatic carbocycles. The summed E-state index contributed by atoms with van der Waals surface area (Å²) in [5, 5.41) is 2.69. The average molecular weight is 355 g/mol. The predicted octanol–water partition coefficient (Wildman–Crippen LogP) is 4.88. The molecule has 0 saturated heterocycles. The van der Waals surface area contributed by atoms with E-state index in [1.165, 1.54) is 19.1 Å². The number of alkyl halides is 3. The Bertz CT molecular complexity index is 670. The van der Waals surface area contributed by atoms with Gasteiger partial charge in [0.1, 0.15) is 5.75 Å². The van der Waals surface area contributed by atoms with Gasteiger partial charge in [-0.15, -0.1) is 11.8 Å². The van der Waals surface area contributed by atoms with Crippen LogP contribution in [0.2, 0.25) is 0 Å². The molecule has 2 aromatic rings. The van der Waals surface area contributed by atoms with Gasteiger partial charge >= 0.3 is 6.18 Å². The summed E-state index contributed by atoms with van der Waals surface area (Å²) in [6.45, 7) is 0.159. The first-order chi connectivity index (χ1) is 11.3. The Morgan fingerprint density at radius 1 is 1.08 bits per heavy atom. The first-order valence-corrected chi connectivity index (χ1v) is 8.09. The zero-order valence-electron chi connectivity index (χ0n) is 12.9. The lowest BCUT2D eigenvalue weighted by molar-refractivity contribution is -0.153. The number of benzene rings is 2. The van der Waals surface area contributed by atoms with Gasteiger partial charge < -0.3 is 10.1 Å². The highest BCUT2D eigenvalue weighted by Gasteiger charge is 2.28. The molecule has 0 heterocycles. The Balaban J connectivity index is 1.84. The Morgan fingerprint density at radius 2 is 1.71 bits per heavy atom. The van der Waals surface area contributed by atoms with Gasteiger partial charge in [-0.3, -0.25) is 4.79 Å². The van der Waals surface area contributed by atoms with Crippen LogP contribution >= 0.6 is 11.8 Å². The zero-order chi connectivity index (χ0) is 17.6. The molecule has 0 radical (unpaired) electrons. The number of hydrogen-bond acceptors (Lipinski definition) is 3. The molecule has 0 aliphatic rings. The zero-order valence-corrected chi connectivity index (χ0v) is 13.7. The molecule has 0 aromatic heterocycles. The maximum Gasteiger partial charge on any atom is 0.422 e.